The van der Waals surface area contributed by atoms with E-state index in [0.717, 1.165) is 15.6 Å². The Morgan fingerprint density at radius 3 is 2.72 bits per heavy atom. The van der Waals surface area contributed by atoms with Crippen molar-refractivity contribution < 1.29 is 22.7 Å². The van der Waals surface area contributed by atoms with E-state index in [1.165, 1.54) is 0 Å². The van der Waals surface area contributed by atoms with Crippen molar-refractivity contribution in [1.29, 1.82) is 5.26 Å². The largest absolute Gasteiger partial charge is 0.494 e. The summed E-state index contributed by atoms with van der Waals surface area (Å²) in [4.78, 5) is 21.5. The van der Waals surface area contributed by atoms with E-state index in [1.807, 2.05) is 25.1 Å². The van der Waals surface area contributed by atoms with Crippen LogP contribution in [0.1, 0.15) is 30.6 Å². The first-order valence-corrected chi connectivity index (χ1v) is 11.6. The molecule has 9 nitrogen and oxygen atoms in total. The highest BCUT2D eigenvalue weighted by Crippen LogP contribution is 2.37. The maximum atomic E-state index is 13.4. The van der Waals surface area contributed by atoms with E-state index in [1.54, 1.807) is 18.2 Å². The van der Waals surface area contributed by atoms with Gasteiger partial charge in [0.2, 0.25) is 11.7 Å². The summed E-state index contributed by atoms with van der Waals surface area (Å²) in [5, 5.41) is 17.5. The van der Waals surface area contributed by atoms with Gasteiger partial charge in [0.25, 0.3) is 0 Å². The van der Waals surface area contributed by atoms with Crippen LogP contribution in [0.5, 0.6) is 5.75 Å². The summed E-state index contributed by atoms with van der Waals surface area (Å²) < 4.78 is 45.9. The Hall–Kier alpha value is -3.88. The molecule has 4 heterocycles. The number of piperidine rings is 1. The van der Waals surface area contributed by atoms with Crippen LogP contribution in [-0.2, 0) is 24.1 Å². The van der Waals surface area contributed by atoms with E-state index >= 15 is 0 Å². The van der Waals surface area contributed by atoms with Gasteiger partial charge in [-0.15, -0.1) is 10.2 Å². The summed E-state index contributed by atoms with van der Waals surface area (Å²) >= 11 is 0. The fraction of sp³-hybridized carbons (Fsp3) is 0.458. The van der Waals surface area contributed by atoms with Crippen LogP contribution in [0.25, 0.3) is 10.9 Å². The number of hydrogen-bond acceptors (Lipinski definition) is 7. The Balaban J connectivity index is 1.35. The van der Waals surface area contributed by atoms with E-state index in [4.69, 9.17) is 4.74 Å². The number of hydrogen-bond donors (Lipinski definition) is 0. The molecule has 1 amide bonds. The number of methoxy groups -OCH3 is 1. The van der Waals surface area contributed by atoms with Gasteiger partial charge in [0.15, 0.2) is 5.82 Å². The Bertz CT molecular complexity index is 1360. The van der Waals surface area contributed by atoms with E-state index < -0.39 is 12.0 Å². The minimum Gasteiger partial charge on any atom is -0.494 e. The van der Waals surface area contributed by atoms with Gasteiger partial charge in [-0.05, 0) is 18.4 Å². The molecule has 0 spiro atoms. The van der Waals surface area contributed by atoms with Crippen LogP contribution in [0, 0.1) is 23.2 Å². The number of halogens is 3. The topological polar surface area (TPSA) is 100 Å². The first-order chi connectivity index (χ1) is 17.2. The van der Waals surface area contributed by atoms with E-state index in [2.05, 4.69) is 26.2 Å². The summed E-state index contributed by atoms with van der Waals surface area (Å²) in [6, 6.07) is 7.80. The quantitative estimate of drug-likeness (QED) is 0.546. The maximum Gasteiger partial charge on any atom is 0.451 e. The summed E-state index contributed by atoms with van der Waals surface area (Å²) in [6.07, 6.45) is -2.49. The monoisotopic (exact) mass is 499 g/mol. The minimum absolute atomic E-state index is 0.00220. The van der Waals surface area contributed by atoms with Crippen molar-refractivity contribution >= 4 is 22.5 Å². The number of carbonyl (C=O) groups excluding carboxylic acids is 1. The van der Waals surface area contributed by atoms with Gasteiger partial charge in [-0.3, -0.25) is 9.78 Å². The molecule has 0 radical (unpaired) electrons. The second kappa shape index (κ2) is 8.96. The van der Waals surface area contributed by atoms with Gasteiger partial charge in [-0.2, -0.15) is 18.4 Å². The summed E-state index contributed by atoms with van der Waals surface area (Å²) in [6.45, 7) is 3.26. The molecule has 2 atom stereocenters. The first kappa shape index (κ1) is 23.8. The lowest BCUT2D eigenvalue weighted by Crippen LogP contribution is -2.49. The van der Waals surface area contributed by atoms with Crippen LogP contribution in [-0.4, -0.2) is 57.3 Å². The van der Waals surface area contributed by atoms with Crippen molar-refractivity contribution in [2.45, 2.75) is 32.6 Å². The number of para-hydroxylation sites is 1. The SMILES string of the molecule is COc1cccc2c(N3CC[C@H](C(=O)N4CCn5c(nnc5C(F)(F)F)C4)[C@H](C)C3)c(C#N)cnc12. The molecule has 0 N–H and O–H groups in total. The van der Waals surface area contributed by atoms with Gasteiger partial charge < -0.3 is 19.1 Å². The first-order valence-electron chi connectivity index (χ1n) is 11.6. The standard InChI is InChI=1S/C24H24F3N7O2/c1-14-12-32(21-15(10-28)11-29-20-17(21)4-3-5-18(20)36-2)7-6-16(14)22(35)33-8-9-34-19(13-33)30-31-23(34)24(25,26)27/h3-5,11,14,16H,6-9,12-13H2,1-2H3/t14-,16+/m1/s1. The van der Waals surface area contributed by atoms with Gasteiger partial charge in [-0.1, -0.05) is 19.1 Å². The van der Waals surface area contributed by atoms with Crippen LogP contribution >= 0.6 is 0 Å². The molecule has 5 rings (SSSR count). The third-order valence-corrected chi connectivity index (χ3v) is 7.03. The van der Waals surface area contributed by atoms with E-state index in [9.17, 15) is 23.2 Å². The molecule has 0 saturated carbocycles. The molecule has 12 heteroatoms. The van der Waals surface area contributed by atoms with Crippen LogP contribution in [0.2, 0.25) is 0 Å². The number of alkyl halides is 3. The second-order valence-electron chi connectivity index (χ2n) is 9.16. The molecule has 1 aromatic carbocycles. The van der Waals surface area contributed by atoms with Crippen LogP contribution in [0.3, 0.4) is 0 Å². The number of pyridine rings is 1. The number of ether oxygens (including phenoxy) is 1. The van der Waals surface area contributed by atoms with Crippen molar-refractivity contribution in [2.75, 3.05) is 31.6 Å². The maximum absolute atomic E-state index is 13.4. The minimum atomic E-state index is -4.58. The summed E-state index contributed by atoms with van der Waals surface area (Å²) in [7, 11) is 1.57. The predicted octanol–water partition coefficient (Wildman–Crippen LogP) is 3.23. The fourth-order valence-electron chi connectivity index (χ4n) is 5.27. The average Bonchev–Trinajstić information content (AvgIpc) is 3.31. The predicted molar refractivity (Wildman–Crippen MR) is 123 cm³/mol. The number of nitrogens with zero attached hydrogens (tertiary/aromatic N) is 7. The van der Waals surface area contributed by atoms with Gasteiger partial charge in [0.05, 0.1) is 24.9 Å². The highest BCUT2D eigenvalue weighted by atomic mass is 19.4. The molecule has 1 fully saturated rings. The number of amides is 1. The number of benzene rings is 1. The lowest BCUT2D eigenvalue weighted by atomic mass is 9.85. The van der Waals surface area contributed by atoms with Crippen molar-refractivity contribution in [3.8, 4) is 11.8 Å². The molecule has 2 aliphatic rings. The Morgan fingerprint density at radius 1 is 1.22 bits per heavy atom. The number of fused-ring (bicyclic) bond motifs is 2. The molecule has 36 heavy (non-hydrogen) atoms. The van der Waals surface area contributed by atoms with Gasteiger partial charge >= 0.3 is 6.18 Å². The highest BCUT2D eigenvalue weighted by Gasteiger charge is 2.41. The zero-order chi connectivity index (χ0) is 25.6. The molecule has 2 aromatic heterocycles. The third-order valence-electron chi connectivity index (χ3n) is 7.03. The van der Waals surface area contributed by atoms with Crippen molar-refractivity contribution in [3.05, 3.63) is 41.6 Å². The van der Waals surface area contributed by atoms with Crippen molar-refractivity contribution in [3.63, 3.8) is 0 Å². The molecular weight excluding hydrogens is 475 g/mol. The Labute approximate surface area is 205 Å². The second-order valence-corrected chi connectivity index (χ2v) is 9.16. The lowest BCUT2D eigenvalue weighted by Gasteiger charge is -2.40. The van der Waals surface area contributed by atoms with Crippen LogP contribution in [0.4, 0.5) is 18.9 Å². The number of rotatable bonds is 3. The van der Waals surface area contributed by atoms with Crippen molar-refractivity contribution in [2.24, 2.45) is 11.8 Å². The third kappa shape index (κ3) is 3.98. The van der Waals surface area contributed by atoms with E-state index in [-0.39, 0.29) is 43.2 Å². The Morgan fingerprint density at radius 2 is 2.03 bits per heavy atom. The molecule has 2 aliphatic heterocycles. The zero-order valence-electron chi connectivity index (χ0n) is 19.8. The lowest BCUT2D eigenvalue weighted by molar-refractivity contribution is -0.148. The van der Waals surface area contributed by atoms with Crippen molar-refractivity contribution in [1.82, 2.24) is 24.6 Å². The molecule has 0 aliphatic carbocycles. The smallest absolute Gasteiger partial charge is 0.451 e. The number of carbonyl (C=O) groups is 1. The van der Waals surface area contributed by atoms with Crippen LogP contribution in [0.15, 0.2) is 24.4 Å². The molecular formula is C24H24F3N7O2. The average molecular weight is 499 g/mol. The van der Waals surface area contributed by atoms with Gasteiger partial charge in [-0.25, -0.2) is 0 Å². The van der Waals surface area contributed by atoms with Gasteiger partial charge in [0.1, 0.15) is 17.3 Å². The van der Waals surface area contributed by atoms with Gasteiger partial charge in [0, 0.05) is 43.7 Å². The molecule has 3 aromatic rings. The molecule has 188 valence electrons. The molecule has 0 bridgehead atoms. The number of anilines is 1. The van der Waals surface area contributed by atoms with E-state index in [0.29, 0.717) is 36.3 Å². The normalized spacial score (nSPS) is 20.2. The molecule has 0 unspecified atom stereocenters. The Kier molecular flexibility index (Phi) is 5.94. The summed E-state index contributed by atoms with van der Waals surface area (Å²) in [5.41, 5.74) is 1.88. The highest BCUT2D eigenvalue weighted by molar-refractivity contribution is 5.97. The fourth-order valence-corrected chi connectivity index (χ4v) is 5.27. The molecule has 1 saturated heterocycles. The number of aromatic nitrogens is 4. The zero-order valence-corrected chi connectivity index (χ0v) is 19.8. The summed E-state index contributed by atoms with van der Waals surface area (Å²) in [5.74, 6) is -0.693. The number of nitriles is 1. The van der Waals surface area contributed by atoms with Crippen LogP contribution < -0.4 is 9.64 Å².